The van der Waals surface area contributed by atoms with Crippen molar-refractivity contribution in [3.8, 4) is 11.1 Å². The van der Waals surface area contributed by atoms with Crippen molar-refractivity contribution < 1.29 is 14.3 Å². The standard InChI is InChI=1S/C31H37FN4O3/c1-20-27(15-23(16-29(20)32)30(38)33-25-5-6-25)22-4-7-26-28(14-22)24(19-36(31(26)39)17-21-2-3-21)18-35-10-8-34(9-11-35)12-13-37/h4,7,14-16,19,21,25,37H,2-3,5-6,8-13,17-18H2,1H3,(H,33,38). The van der Waals surface area contributed by atoms with Crippen molar-refractivity contribution in [2.45, 2.75) is 51.7 Å². The van der Waals surface area contributed by atoms with Gasteiger partial charge in [0, 0.05) is 69.0 Å². The molecular formula is C31H37FN4O3. The van der Waals surface area contributed by atoms with Gasteiger partial charge in [0.1, 0.15) is 5.82 Å². The average Bonchev–Trinajstić information content (AvgIpc) is 3.87. The summed E-state index contributed by atoms with van der Waals surface area (Å²) in [6, 6.07) is 9.03. The van der Waals surface area contributed by atoms with E-state index in [2.05, 4.69) is 15.1 Å². The second-order valence-electron chi connectivity index (χ2n) is 11.5. The predicted octanol–water partition coefficient (Wildman–Crippen LogP) is 3.53. The molecule has 2 aliphatic carbocycles. The molecular weight excluding hydrogens is 495 g/mol. The van der Waals surface area contributed by atoms with Gasteiger partial charge in [-0.2, -0.15) is 0 Å². The Balaban J connectivity index is 1.38. The number of piperazine rings is 1. The highest BCUT2D eigenvalue weighted by Gasteiger charge is 2.26. The van der Waals surface area contributed by atoms with E-state index in [1.165, 1.54) is 18.9 Å². The fourth-order valence-electron chi connectivity index (χ4n) is 5.63. The third-order valence-corrected chi connectivity index (χ3v) is 8.43. The van der Waals surface area contributed by atoms with Gasteiger partial charge in [-0.1, -0.05) is 6.07 Å². The fraction of sp³-hybridized carbons (Fsp3) is 0.484. The van der Waals surface area contributed by atoms with E-state index in [0.29, 0.717) is 34.5 Å². The molecule has 39 heavy (non-hydrogen) atoms. The molecule has 6 rings (SSSR count). The second kappa shape index (κ2) is 10.8. The Kier molecular flexibility index (Phi) is 7.27. The number of carbonyl (C=O) groups excluding carboxylic acids is 1. The summed E-state index contributed by atoms with van der Waals surface area (Å²) >= 11 is 0. The number of nitrogens with zero attached hydrogens (tertiary/aromatic N) is 3. The maximum Gasteiger partial charge on any atom is 0.258 e. The molecule has 2 heterocycles. The summed E-state index contributed by atoms with van der Waals surface area (Å²) in [5.41, 5.74) is 3.38. The molecule has 1 aliphatic heterocycles. The maximum atomic E-state index is 15.0. The number of rotatable bonds is 9. The van der Waals surface area contributed by atoms with Crippen molar-refractivity contribution in [1.82, 2.24) is 19.7 Å². The van der Waals surface area contributed by atoms with E-state index in [1.54, 1.807) is 13.0 Å². The van der Waals surface area contributed by atoms with Crippen LogP contribution < -0.4 is 10.9 Å². The molecule has 3 fully saturated rings. The van der Waals surface area contributed by atoms with Crippen LogP contribution in [-0.4, -0.2) is 70.8 Å². The number of β-amino-alcohol motifs (C(OH)–C–C–N with tert-alkyl or cyclic N) is 1. The molecule has 1 aromatic heterocycles. The number of aliphatic hydroxyl groups is 1. The minimum atomic E-state index is -0.408. The third kappa shape index (κ3) is 5.78. The van der Waals surface area contributed by atoms with Gasteiger partial charge in [-0.3, -0.25) is 19.4 Å². The number of halogens is 1. The molecule has 0 spiro atoms. The minimum Gasteiger partial charge on any atom is -0.395 e. The number of hydrogen-bond donors (Lipinski definition) is 2. The Labute approximate surface area is 228 Å². The van der Waals surface area contributed by atoms with Gasteiger partial charge in [-0.05, 0) is 90.4 Å². The minimum absolute atomic E-state index is 0.0143. The van der Waals surface area contributed by atoms with Gasteiger partial charge in [-0.15, -0.1) is 0 Å². The lowest BCUT2D eigenvalue weighted by Gasteiger charge is -2.34. The molecule has 1 amide bonds. The first kappa shape index (κ1) is 26.2. The summed E-state index contributed by atoms with van der Waals surface area (Å²) in [5.74, 6) is -0.0822. The average molecular weight is 533 g/mol. The maximum absolute atomic E-state index is 15.0. The molecule has 206 valence electrons. The molecule has 3 aromatic rings. The van der Waals surface area contributed by atoms with Gasteiger partial charge >= 0.3 is 0 Å². The zero-order chi connectivity index (χ0) is 27.1. The number of nitrogens with one attached hydrogen (secondary N) is 1. The summed E-state index contributed by atoms with van der Waals surface area (Å²) in [5, 5.41) is 13.8. The van der Waals surface area contributed by atoms with Crippen LogP contribution in [0.15, 0.2) is 41.3 Å². The normalized spacial score (nSPS) is 18.5. The Morgan fingerprint density at radius 2 is 1.77 bits per heavy atom. The van der Waals surface area contributed by atoms with E-state index in [9.17, 15) is 14.7 Å². The Hall–Kier alpha value is -3.07. The second-order valence-corrected chi connectivity index (χ2v) is 11.5. The van der Waals surface area contributed by atoms with E-state index in [1.807, 2.05) is 29.0 Å². The van der Waals surface area contributed by atoms with Crippen LogP contribution in [0.3, 0.4) is 0 Å². The van der Waals surface area contributed by atoms with E-state index in [0.717, 1.165) is 68.6 Å². The van der Waals surface area contributed by atoms with Crippen LogP contribution in [0.4, 0.5) is 4.39 Å². The van der Waals surface area contributed by atoms with Crippen LogP contribution >= 0.6 is 0 Å². The highest BCUT2D eigenvalue weighted by Crippen LogP contribution is 2.33. The van der Waals surface area contributed by atoms with Crippen molar-refractivity contribution in [2.24, 2.45) is 5.92 Å². The number of carbonyl (C=O) groups is 1. The summed E-state index contributed by atoms with van der Waals surface area (Å²) < 4.78 is 16.9. The summed E-state index contributed by atoms with van der Waals surface area (Å²) in [6.45, 7) is 7.66. The highest BCUT2D eigenvalue weighted by molar-refractivity contribution is 5.97. The smallest absolute Gasteiger partial charge is 0.258 e. The van der Waals surface area contributed by atoms with Gasteiger partial charge in [0.25, 0.3) is 11.5 Å². The predicted molar refractivity (Wildman–Crippen MR) is 150 cm³/mol. The monoisotopic (exact) mass is 532 g/mol. The van der Waals surface area contributed by atoms with Crippen molar-refractivity contribution in [2.75, 3.05) is 39.3 Å². The van der Waals surface area contributed by atoms with Gasteiger partial charge in [0.2, 0.25) is 0 Å². The molecule has 0 radical (unpaired) electrons. The third-order valence-electron chi connectivity index (χ3n) is 8.43. The topological polar surface area (TPSA) is 77.8 Å². The molecule has 0 unspecified atom stereocenters. The molecule has 2 aromatic carbocycles. The number of aromatic nitrogens is 1. The van der Waals surface area contributed by atoms with Crippen LogP contribution in [0.1, 0.15) is 47.2 Å². The van der Waals surface area contributed by atoms with E-state index in [-0.39, 0.29) is 24.1 Å². The molecule has 0 bridgehead atoms. The van der Waals surface area contributed by atoms with Crippen LogP contribution in [0.25, 0.3) is 21.9 Å². The van der Waals surface area contributed by atoms with Gasteiger partial charge in [0.15, 0.2) is 0 Å². The largest absolute Gasteiger partial charge is 0.395 e. The molecule has 7 nitrogen and oxygen atoms in total. The number of benzene rings is 2. The van der Waals surface area contributed by atoms with E-state index >= 15 is 4.39 Å². The zero-order valence-electron chi connectivity index (χ0n) is 22.6. The van der Waals surface area contributed by atoms with Crippen LogP contribution in [-0.2, 0) is 13.1 Å². The molecule has 8 heteroatoms. The zero-order valence-corrected chi connectivity index (χ0v) is 22.6. The SMILES string of the molecule is Cc1c(F)cc(C(=O)NC2CC2)cc1-c1ccc2c(=O)n(CC3CC3)cc(CN3CCN(CCO)CC3)c2c1. The van der Waals surface area contributed by atoms with Crippen molar-refractivity contribution in [3.05, 3.63) is 69.4 Å². The van der Waals surface area contributed by atoms with E-state index < -0.39 is 5.82 Å². The Morgan fingerprint density at radius 3 is 2.46 bits per heavy atom. The number of aliphatic hydroxyl groups excluding tert-OH is 1. The van der Waals surface area contributed by atoms with Gasteiger partial charge in [0.05, 0.1) is 6.61 Å². The van der Waals surface area contributed by atoms with Gasteiger partial charge < -0.3 is 15.0 Å². The first-order chi connectivity index (χ1) is 18.9. The van der Waals surface area contributed by atoms with Crippen LogP contribution in [0.5, 0.6) is 0 Å². The lowest BCUT2D eigenvalue weighted by Crippen LogP contribution is -2.46. The molecule has 3 aliphatic rings. The fourth-order valence-corrected chi connectivity index (χ4v) is 5.63. The molecule has 1 saturated heterocycles. The molecule has 0 atom stereocenters. The number of hydrogen-bond acceptors (Lipinski definition) is 5. The van der Waals surface area contributed by atoms with Crippen LogP contribution in [0.2, 0.25) is 0 Å². The lowest BCUT2D eigenvalue weighted by molar-refractivity contribution is 0.0950. The van der Waals surface area contributed by atoms with Crippen LogP contribution in [0, 0.1) is 18.7 Å². The summed E-state index contributed by atoms with van der Waals surface area (Å²) in [7, 11) is 0. The number of pyridine rings is 1. The van der Waals surface area contributed by atoms with E-state index in [4.69, 9.17) is 0 Å². The Bertz CT molecular complexity index is 1450. The molecule has 2 saturated carbocycles. The highest BCUT2D eigenvalue weighted by atomic mass is 19.1. The summed E-state index contributed by atoms with van der Waals surface area (Å²) in [6.07, 6.45) is 6.30. The summed E-state index contributed by atoms with van der Waals surface area (Å²) in [4.78, 5) is 30.9. The number of fused-ring (bicyclic) bond motifs is 1. The van der Waals surface area contributed by atoms with Crippen molar-refractivity contribution in [1.29, 1.82) is 0 Å². The lowest BCUT2D eigenvalue weighted by atomic mass is 9.94. The first-order valence-electron chi connectivity index (χ1n) is 14.2. The van der Waals surface area contributed by atoms with Crippen molar-refractivity contribution >= 4 is 16.7 Å². The van der Waals surface area contributed by atoms with Crippen molar-refractivity contribution in [3.63, 3.8) is 0 Å². The Morgan fingerprint density at radius 1 is 1.03 bits per heavy atom. The first-order valence-corrected chi connectivity index (χ1v) is 14.2. The van der Waals surface area contributed by atoms with Gasteiger partial charge in [-0.25, -0.2) is 4.39 Å². The molecule has 2 N–H and O–H groups in total. The number of amides is 1. The quantitative estimate of drug-likeness (QED) is 0.441.